The van der Waals surface area contributed by atoms with Gasteiger partial charge in [-0.1, -0.05) is 30.3 Å². The van der Waals surface area contributed by atoms with Crippen LogP contribution in [0, 0.1) is 29.6 Å². The number of carbonyl (C=O) groups excluding carboxylic acids is 4. The van der Waals surface area contributed by atoms with Crippen molar-refractivity contribution in [1.82, 2.24) is 4.90 Å². The van der Waals surface area contributed by atoms with Gasteiger partial charge in [0.05, 0.1) is 23.4 Å². The average molecular weight is 459 g/mol. The minimum atomic E-state index is -0.521. The number of carbonyl (C=O) groups is 4. The Bertz CT molecular complexity index is 1130. The maximum absolute atomic E-state index is 13.0. The second kappa shape index (κ2) is 8.08. The van der Waals surface area contributed by atoms with Crippen molar-refractivity contribution < 1.29 is 23.9 Å². The van der Waals surface area contributed by atoms with Crippen molar-refractivity contribution in [2.24, 2.45) is 29.6 Å². The first-order valence-electron chi connectivity index (χ1n) is 12.0. The molecule has 2 aliphatic carbocycles. The molecule has 0 spiro atoms. The molecule has 3 amide bonds. The molecule has 174 valence electrons. The molecule has 2 bridgehead atoms. The molecule has 0 N–H and O–H groups in total. The van der Waals surface area contributed by atoms with Crippen LogP contribution in [0.2, 0.25) is 0 Å². The molecule has 0 aromatic heterocycles. The van der Waals surface area contributed by atoms with Crippen LogP contribution in [0.5, 0.6) is 5.75 Å². The highest BCUT2D eigenvalue weighted by Crippen LogP contribution is 2.56. The Morgan fingerprint density at radius 2 is 1.53 bits per heavy atom. The lowest BCUT2D eigenvalue weighted by Gasteiger charge is -2.19. The zero-order valence-corrected chi connectivity index (χ0v) is 18.8. The van der Waals surface area contributed by atoms with Gasteiger partial charge in [-0.2, -0.15) is 0 Å². The summed E-state index contributed by atoms with van der Waals surface area (Å²) in [6.45, 7) is 0.798. The maximum atomic E-state index is 13.0. The number of likely N-dealkylation sites (tertiary alicyclic amines) is 1. The van der Waals surface area contributed by atoms with Crippen LogP contribution in [0.25, 0.3) is 0 Å². The summed E-state index contributed by atoms with van der Waals surface area (Å²) in [5.74, 6) is -0.522. The van der Waals surface area contributed by atoms with E-state index in [4.69, 9.17) is 4.74 Å². The smallest absolute Gasteiger partial charge is 0.316 e. The Hall–Kier alpha value is -3.48. The predicted molar refractivity (Wildman–Crippen MR) is 122 cm³/mol. The van der Waals surface area contributed by atoms with Crippen LogP contribution in [-0.2, 0) is 25.7 Å². The van der Waals surface area contributed by atoms with Gasteiger partial charge in [0.15, 0.2) is 0 Å². The van der Waals surface area contributed by atoms with Crippen LogP contribution in [0.3, 0.4) is 0 Å². The number of ether oxygens (including phenoxy) is 1. The normalized spacial score (nSPS) is 29.8. The third kappa shape index (κ3) is 3.42. The third-order valence-electron chi connectivity index (χ3n) is 8.00. The van der Waals surface area contributed by atoms with Crippen molar-refractivity contribution in [3.63, 3.8) is 0 Å². The fourth-order valence-corrected chi connectivity index (χ4v) is 6.41. The molecule has 0 radical (unpaired) electrons. The van der Waals surface area contributed by atoms with Crippen molar-refractivity contribution in [3.05, 3.63) is 60.2 Å². The van der Waals surface area contributed by atoms with E-state index in [0.717, 1.165) is 24.8 Å². The molecule has 2 aromatic carbocycles. The summed E-state index contributed by atoms with van der Waals surface area (Å²) in [4.78, 5) is 54.1. The summed E-state index contributed by atoms with van der Waals surface area (Å²) in [6.07, 6.45) is 3.22. The van der Waals surface area contributed by atoms with Crippen LogP contribution in [0.4, 0.5) is 5.69 Å². The molecule has 2 saturated carbocycles. The largest absolute Gasteiger partial charge is 0.426 e. The highest BCUT2D eigenvalue weighted by Gasteiger charge is 2.61. The Labute approximate surface area is 197 Å². The molecule has 34 heavy (non-hydrogen) atoms. The number of rotatable bonds is 5. The van der Waals surface area contributed by atoms with Gasteiger partial charge in [-0.3, -0.25) is 24.1 Å². The van der Waals surface area contributed by atoms with Gasteiger partial charge in [-0.05, 0) is 60.9 Å². The van der Waals surface area contributed by atoms with Gasteiger partial charge in [-0.25, -0.2) is 0 Å². The number of hydrogen-bond acceptors (Lipinski definition) is 5. The van der Waals surface area contributed by atoms with Crippen molar-refractivity contribution in [2.45, 2.75) is 32.2 Å². The van der Waals surface area contributed by atoms with E-state index in [2.05, 4.69) is 0 Å². The fourth-order valence-electron chi connectivity index (χ4n) is 6.41. The SMILES string of the molecule is O=C(Oc1ccc(N2C(=O)[C@@H]3[C@H]4CC[C@@H](C4)[C@@H]3C2=O)cc1)[C@@H]1CC(=O)N(Cc2ccccc2)C1. The first kappa shape index (κ1) is 21.1. The molecule has 5 atom stereocenters. The fraction of sp³-hybridized carbons (Fsp3) is 0.407. The van der Waals surface area contributed by atoms with E-state index < -0.39 is 11.9 Å². The summed E-state index contributed by atoms with van der Waals surface area (Å²) in [6, 6.07) is 16.2. The summed E-state index contributed by atoms with van der Waals surface area (Å²) in [5.41, 5.74) is 1.54. The second-order valence-electron chi connectivity index (χ2n) is 9.97. The van der Waals surface area contributed by atoms with E-state index in [1.807, 2.05) is 30.3 Å². The Kier molecular flexibility index (Phi) is 5.01. The Morgan fingerprint density at radius 1 is 0.882 bits per heavy atom. The number of benzene rings is 2. The summed E-state index contributed by atoms with van der Waals surface area (Å²) >= 11 is 0. The number of hydrogen-bond donors (Lipinski definition) is 0. The lowest BCUT2D eigenvalue weighted by Crippen LogP contribution is -2.32. The molecule has 7 nitrogen and oxygen atoms in total. The molecule has 4 aliphatic rings. The zero-order chi connectivity index (χ0) is 23.4. The van der Waals surface area contributed by atoms with Crippen molar-refractivity contribution in [2.75, 3.05) is 11.4 Å². The highest BCUT2D eigenvalue weighted by atomic mass is 16.5. The molecule has 7 heteroatoms. The first-order valence-corrected chi connectivity index (χ1v) is 12.0. The zero-order valence-electron chi connectivity index (χ0n) is 18.8. The number of nitrogens with zero attached hydrogens (tertiary/aromatic N) is 2. The average Bonchev–Trinajstić information content (AvgIpc) is 3.60. The molecule has 2 aromatic rings. The van der Waals surface area contributed by atoms with Gasteiger partial charge in [-0.15, -0.1) is 0 Å². The van der Waals surface area contributed by atoms with E-state index >= 15 is 0 Å². The summed E-state index contributed by atoms with van der Waals surface area (Å²) in [7, 11) is 0. The summed E-state index contributed by atoms with van der Waals surface area (Å²) < 4.78 is 5.53. The highest BCUT2D eigenvalue weighted by molar-refractivity contribution is 6.22. The summed E-state index contributed by atoms with van der Waals surface area (Å²) in [5, 5.41) is 0. The van der Waals surface area contributed by atoms with Gasteiger partial charge in [0.2, 0.25) is 17.7 Å². The van der Waals surface area contributed by atoms with E-state index in [0.29, 0.717) is 36.4 Å². The minimum Gasteiger partial charge on any atom is -0.426 e. The standard InChI is InChI=1S/C27H26N2O5/c30-22-13-19(15-28(22)14-16-4-2-1-3-5-16)27(33)34-21-10-8-20(9-11-21)29-25(31)23-17-6-7-18(12-17)24(23)26(29)32/h1-5,8-11,17-19,23-24H,6-7,12-15H2/t17-,18-,19+,23-,24+/m0/s1. The lowest BCUT2D eigenvalue weighted by molar-refractivity contribution is -0.139. The first-order chi connectivity index (χ1) is 16.5. The molecule has 0 unspecified atom stereocenters. The van der Waals surface area contributed by atoms with Crippen LogP contribution in [-0.4, -0.2) is 35.1 Å². The lowest BCUT2D eigenvalue weighted by atomic mass is 9.81. The van der Waals surface area contributed by atoms with Crippen LogP contribution >= 0.6 is 0 Å². The van der Waals surface area contributed by atoms with E-state index in [-0.39, 0.29) is 36.0 Å². The van der Waals surface area contributed by atoms with Gasteiger partial charge in [0, 0.05) is 19.5 Å². The molecular formula is C27H26N2O5. The molecule has 2 heterocycles. The number of imide groups is 1. The van der Waals surface area contributed by atoms with Gasteiger partial charge in [0.25, 0.3) is 0 Å². The second-order valence-corrected chi connectivity index (χ2v) is 9.97. The van der Waals surface area contributed by atoms with E-state index in [1.54, 1.807) is 29.2 Å². The molecular weight excluding hydrogens is 432 g/mol. The van der Waals surface area contributed by atoms with E-state index in [9.17, 15) is 19.2 Å². The topological polar surface area (TPSA) is 84.0 Å². The van der Waals surface area contributed by atoms with Gasteiger partial charge >= 0.3 is 5.97 Å². The number of fused-ring (bicyclic) bond motifs is 5. The third-order valence-corrected chi connectivity index (χ3v) is 8.00. The Morgan fingerprint density at radius 3 is 2.18 bits per heavy atom. The monoisotopic (exact) mass is 458 g/mol. The van der Waals surface area contributed by atoms with Crippen molar-refractivity contribution >= 4 is 29.4 Å². The molecule has 2 aliphatic heterocycles. The van der Waals surface area contributed by atoms with E-state index in [1.165, 1.54) is 4.90 Å². The number of amides is 3. The van der Waals surface area contributed by atoms with Crippen LogP contribution in [0.1, 0.15) is 31.2 Å². The Balaban J connectivity index is 1.09. The molecule has 4 fully saturated rings. The minimum absolute atomic E-state index is 0.0632. The molecule has 6 rings (SSSR count). The quantitative estimate of drug-likeness (QED) is 0.390. The van der Waals surface area contributed by atoms with Gasteiger partial charge < -0.3 is 9.64 Å². The number of esters is 1. The number of anilines is 1. The van der Waals surface area contributed by atoms with Crippen molar-refractivity contribution in [1.29, 1.82) is 0 Å². The van der Waals surface area contributed by atoms with Crippen LogP contribution in [0.15, 0.2) is 54.6 Å². The predicted octanol–water partition coefficient (Wildman–Crippen LogP) is 3.18. The maximum Gasteiger partial charge on any atom is 0.316 e. The molecule has 2 saturated heterocycles. The van der Waals surface area contributed by atoms with Crippen molar-refractivity contribution in [3.8, 4) is 5.75 Å². The van der Waals surface area contributed by atoms with Crippen LogP contribution < -0.4 is 9.64 Å². The van der Waals surface area contributed by atoms with Gasteiger partial charge in [0.1, 0.15) is 5.75 Å².